The van der Waals surface area contributed by atoms with Gasteiger partial charge in [-0.25, -0.2) is 0 Å². The number of halogens is 1. The van der Waals surface area contributed by atoms with E-state index in [1.807, 2.05) is 43.3 Å². The van der Waals surface area contributed by atoms with Gasteiger partial charge in [-0.2, -0.15) is 0 Å². The molecular weight excluding hydrogens is 380 g/mol. The van der Waals surface area contributed by atoms with E-state index in [2.05, 4.69) is 10.5 Å². The molecule has 0 aliphatic rings. The first-order valence-corrected chi connectivity index (χ1v) is 9.33. The Morgan fingerprint density at radius 3 is 2.46 bits per heavy atom. The van der Waals surface area contributed by atoms with E-state index < -0.39 is 0 Å². The SMILES string of the molecule is CCOc1ccc(OCCNC(=O)c2c(-c3ccccc3Cl)noc2C)cc1. The zero-order chi connectivity index (χ0) is 19.9. The molecule has 0 aliphatic carbocycles. The molecule has 0 spiro atoms. The van der Waals surface area contributed by atoms with Crippen molar-refractivity contribution in [2.24, 2.45) is 0 Å². The number of benzene rings is 2. The molecule has 1 aromatic heterocycles. The number of carbonyl (C=O) groups is 1. The average Bonchev–Trinajstić information content (AvgIpc) is 3.08. The highest BCUT2D eigenvalue weighted by molar-refractivity contribution is 6.33. The molecule has 0 aliphatic heterocycles. The largest absolute Gasteiger partial charge is 0.494 e. The van der Waals surface area contributed by atoms with E-state index in [-0.39, 0.29) is 5.91 Å². The number of nitrogens with zero attached hydrogens (tertiary/aromatic N) is 1. The maximum atomic E-state index is 12.6. The predicted molar refractivity (Wildman–Crippen MR) is 107 cm³/mol. The first kappa shape index (κ1) is 19.8. The second-order valence-electron chi connectivity index (χ2n) is 5.95. The van der Waals surface area contributed by atoms with Gasteiger partial charge in [-0.05, 0) is 44.2 Å². The van der Waals surface area contributed by atoms with Crippen LogP contribution >= 0.6 is 11.6 Å². The summed E-state index contributed by atoms with van der Waals surface area (Å²) in [5.41, 5.74) is 1.44. The molecule has 2 aromatic carbocycles. The summed E-state index contributed by atoms with van der Waals surface area (Å²) in [7, 11) is 0. The molecular formula is C21H21ClN2O4. The number of hydrogen-bond acceptors (Lipinski definition) is 5. The fourth-order valence-electron chi connectivity index (χ4n) is 2.70. The standard InChI is InChI=1S/C21H21ClN2O4/c1-3-26-15-8-10-16(11-9-15)27-13-12-23-21(25)19-14(2)28-24-20(19)17-6-4-5-7-18(17)22/h4-11H,3,12-13H2,1-2H3,(H,23,25). The molecule has 6 nitrogen and oxygen atoms in total. The van der Waals surface area contributed by atoms with Gasteiger partial charge in [-0.1, -0.05) is 35.0 Å². The van der Waals surface area contributed by atoms with Crippen LogP contribution in [0.15, 0.2) is 53.1 Å². The maximum Gasteiger partial charge on any atom is 0.257 e. The van der Waals surface area contributed by atoms with Crippen LogP contribution in [0.1, 0.15) is 23.0 Å². The minimum atomic E-state index is -0.288. The Balaban J connectivity index is 1.58. The van der Waals surface area contributed by atoms with Gasteiger partial charge in [0.05, 0.1) is 18.2 Å². The number of aryl methyl sites for hydroxylation is 1. The maximum absolute atomic E-state index is 12.6. The molecule has 1 heterocycles. The lowest BCUT2D eigenvalue weighted by Gasteiger charge is -2.09. The molecule has 146 valence electrons. The van der Waals surface area contributed by atoms with Crippen LogP contribution in [0.5, 0.6) is 11.5 Å². The van der Waals surface area contributed by atoms with Gasteiger partial charge in [0, 0.05) is 5.56 Å². The van der Waals surface area contributed by atoms with E-state index in [1.54, 1.807) is 19.1 Å². The number of hydrogen-bond donors (Lipinski definition) is 1. The second-order valence-corrected chi connectivity index (χ2v) is 6.36. The lowest BCUT2D eigenvalue weighted by Crippen LogP contribution is -2.28. The van der Waals surface area contributed by atoms with Gasteiger partial charge in [0.15, 0.2) is 0 Å². The summed E-state index contributed by atoms with van der Waals surface area (Å²) in [5, 5.41) is 7.33. The van der Waals surface area contributed by atoms with Crippen LogP contribution in [-0.2, 0) is 0 Å². The van der Waals surface area contributed by atoms with Gasteiger partial charge in [0.1, 0.15) is 35.1 Å². The summed E-state index contributed by atoms with van der Waals surface area (Å²) in [6.07, 6.45) is 0. The van der Waals surface area contributed by atoms with Crippen LogP contribution in [0, 0.1) is 6.92 Å². The third-order valence-corrected chi connectivity index (χ3v) is 4.34. The Hall–Kier alpha value is -2.99. The van der Waals surface area contributed by atoms with Gasteiger partial charge < -0.3 is 19.3 Å². The zero-order valence-corrected chi connectivity index (χ0v) is 16.5. The summed E-state index contributed by atoms with van der Waals surface area (Å²) in [4.78, 5) is 12.6. The molecule has 1 amide bonds. The Morgan fingerprint density at radius 2 is 1.79 bits per heavy atom. The average molecular weight is 401 g/mol. The Morgan fingerprint density at radius 1 is 1.11 bits per heavy atom. The molecule has 0 radical (unpaired) electrons. The third kappa shape index (κ3) is 4.64. The molecule has 28 heavy (non-hydrogen) atoms. The quantitative estimate of drug-likeness (QED) is 0.563. The molecule has 3 aromatic rings. The van der Waals surface area contributed by atoms with Crippen molar-refractivity contribution in [3.63, 3.8) is 0 Å². The van der Waals surface area contributed by atoms with Gasteiger partial charge in [-0.3, -0.25) is 4.79 Å². The van der Waals surface area contributed by atoms with Crippen LogP contribution < -0.4 is 14.8 Å². The second kappa shape index (κ2) is 9.28. The number of nitrogens with one attached hydrogen (secondary N) is 1. The monoisotopic (exact) mass is 400 g/mol. The van der Waals surface area contributed by atoms with E-state index in [0.717, 1.165) is 5.75 Å². The van der Waals surface area contributed by atoms with E-state index in [4.69, 9.17) is 25.6 Å². The van der Waals surface area contributed by atoms with Crippen molar-refractivity contribution in [2.75, 3.05) is 19.8 Å². The molecule has 0 unspecified atom stereocenters. The number of amides is 1. The fourth-order valence-corrected chi connectivity index (χ4v) is 2.92. The normalized spacial score (nSPS) is 10.5. The number of carbonyl (C=O) groups excluding carboxylic acids is 1. The minimum absolute atomic E-state index is 0.288. The van der Waals surface area contributed by atoms with E-state index in [1.165, 1.54) is 0 Å². The first-order chi connectivity index (χ1) is 13.6. The van der Waals surface area contributed by atoms with Crippen molar-refractivity contribution in [1.82, 2.24) is 10.5 Å². The van der Waals surface area contributed by atoms with Crippen LogP contribution in [0.4, 0.5) is 0 Å². The van der Waals surface area contributed by atoms with E-state index in [9.17, 15) is 4.79 Å². The lowest BCUT2D eigenvalue weighted by molar-refractivity contribution is 0.0946. The molecule has 3 rings (SSSR count). The molecule has 0 bridgehead atoms. The van der Waals surface area contributed by atoms with Crippen molar-refractivity contribution >= 4 is 17.5 Å². The summed E-state index contributed by atoms with van der Waals surface area (Å²) in [5.74, 6) is 1.64. The fraction of sp³-hybridized carbons (Fsp3) is 0.238. The number of rotatable bonds is 8. The van der Waals surface area contributed by atoms with Gasteiger partial charge in [0.2, 0.25) is 0 Å². The summed E-state index contributed by atoms with van der Waals surface area (Å²) >= 11 is 6.23. The minimum Gasteiger partial charge on any atom is -0.494 e. The van der Waals surface area contributed by atoms with Crippen molar-refractivity contribution < 1.29 is 18.8 Å². The Bertz CT molecular complexity index is 938. The molecule has 0 atom stereocenters. The highest BCUT2D eigenvalue weighted by atomic mass is 35.5. The first-order valence-electron chi connectivity index (χ1n) is 8.95. The van der Waals surface area contributed by atoms with Crippen molar-refractivity contribution in [2.45, 2.75) is 13.8 Å². The molecule has 7 heteroatoms. The molecule has 0 saturated carbocycles. The van der Waals surface area contributed by atoms with Crippen LogP contribution in [0.2, 0.25) is 5.02 Å². The smallest absolute Gasteiger partial charge is 0.257 e. The van der Waals surface area contributed by atoms with Crippen molar-refractivity contribution in [3.05, 3.63) is 64.9 Å². The summed E-state index contributed by atoms with van der Waals surface area (Å²) < 4.78 is 16.3. The van der Waals surface area contributed by atoms with Crippen LogP contribution in [-0.4, -0.2) is 30.8 Å². The van der Waals surface area contributed by atoms with Crippen LogP contribution in [0.3, 0.4) is 0 Å². The van der Waals surface area contributed by atoms with E-state index in [0.29, 0.717) is 53.1 Å². The summed E-state index contributed by atoms with van der Waals surface area (Å²) in [6, 6.07) is 14.5. The molecule has 0 fully saturated rings. The van der Waals surface area contributed by atoms with Gasteiger partial charge in [0.25, 0.3) is 5.91 Å². The van der Waals surface area contributed by atoms with Gasteiger partial charge in [-0.15, -0.1) is 0 Å². The number of aromatic nitrogens is 1. The molecule has 1 N–H and O–H groups in total. The number of ether oxygens (including phenoxy) is 2. The molecule has 0 saturated heterocycles. The Labute approximate surface area is 168 Å². The topological polar surface area (TPSA) is 73.6 Å². The highest BCUT2D eigenvalue weighted by Crippen LogP contribution is 2.30. The van der Waals surface area contributed by atoms with Gasteiger partial charge >= 0.3 is 0 Å². The predicted octanol–water partition coefficient (Wildman–Crippen LogP) is 4.51. The lowest BCUT2D eigenvalue weighted by atomic mass is 10.1. The van der Waals surface area contributed by atoms with Crippen molar-refractivity contribution in [3.8, 4) is 22.8 Å². The summed E-state index contributed by atoms with van der Waals surface area (Å²) in [6.45, 7) is 4.90. The van der Waals surface area contributed by atoms with Crippen LogP contribution in [0.25, 0.3) is 11.3 Å². The Kier molecular flexibility index (Phi) is 6.55. The third-order valence-electron chi connectivity index (χ3n) is 4.01. The zero-order valence-electron chi connectivity index (χ0n) is 15.7. The van der Waals surface area contributed by atoms with E-state index >= 15 is 0 Å². The highest BCUT2D eigenvalue weighted by Gasteiger charge is 2.22. The van der Waals surface area contributed by atoms with Crippen molar-refractivity contribution in [1.29, 1.82) is 0 Å².